The van der Waals surface area contributed by atoms with Gasteiger partial charge in [-0.25, -0.2) is 9.59 Å². The standard InChI is InChI=1S/C9H10N2O5/c1-5(7(12)11-9(10)14)16-8(13)6-2-3-15-4-6/h2-5H,1H3,(H3,10,11,12,14). The van der Waals surface area contributed by atoms with Crippen molar-refractivity contribution >= 4 is 17.9 Å². The number of carbonyl (C=O) groups is 3. The molecule has 1 atom stereocenters. The highest BCUT2D eigenvalue weighted by Gasteiger charge is 2.20. The van der Waals surface area contributed by atoms with Gasteiger partial charge in [-0.1, -0.05) is 0 Å². The van der Waals surface area contributed by atoms with E-state index in [1.54, 1.807) is 5.32 Å². The molecule has 1 aromatic heterocycles. The highest BCUT2D eigenvalue weighted by atomic mass is 16.5. The molecule has 1 aromatic rings. The van der Waals surface area contributed by atoms with E-state index < -0.39 is 24.0 Å². The highest BCUT2D eigenvalue weighted by Crippen LogP contribution is 2.04. The van der Waals surface area contributed by atoms with Crippen molar-refractivity contribution in [3.8, 4) is 0 Å². The number of urea groups is 1. The van der Waals surface area contributed by atoms with Gasteiger partial charge in [-0.05, 0) is 13.0 Å². The number of esters is 1. The van der Waals surface area contributed by atoms with E-state index in [4.69, 9.17) is 10.5 Å². The lowest BCUT2D eigenvalue weighted by atomic mass is 10.3. The van der Waals surface area contributed by atoms with E-state index in [0.717, 1.165) is 0 Å². The maximum absolute atomic E-state index is 11.3. The third-order valence-corrected chi connectivity index (χ3v) is 1.66. The fraction of sp³-hybridized carbons (Fsp3) is 0.222. The van der Waals surface area contributed by atoms with Crippen LogP contribution in [0.1, 0.15) is 17.3 Å². The molecule has 1 heterocycles. The molecule has 0 radical (unpaired) electrons. The largest absolute Gasteiger partial charge is 0.472 e. The molecule has 86 valence electrons. The summed E-state index contributed by atoms with van der Waals surface area (Å²) in [6.45, 7) is 1.32. The highest BCUT2D eigenvalue weighted by molar-refractivity contribution is 5.97. The summed E-state index contributed by atoms with van der Waals surface area (Å²) in [5.74, 6) is -1.51. The molecule has 0 saturated heterocycles. The number of hydrogen-bond acceptors (Lipinski definition) is 5. The molecule has 0 bridgehead atoms. The number of nitrogens with one attached hydrogen (secondary N) is 1. The van der Waals surface area contributed by atoms with Gasteiger partial charge >= 0.3 is 12.0 Å². The number of hydrogen-bond donors (Lipinski definition) is 2. The van der Waals surface area contributed by atoms with Crippen molar-refractivity contribution in [2.75, 3.05) is 0 Å². The molecule has 1 unspecified atom stereocenters. The lowest BCUT2D eigenvalue weighted by Crippen LogP contribution is -2.42. The fourth-order valence-corrected chi connectivity index (χ4v) is 0.886. The van der Waals surface area contributed by atoms with E-state index in [-0.39, 0.29) is 5.56 Å². The van der Waals surface area contributed by atoms with E-state index in [0.29, 0.717) is 0 Å². The zero-order valence-corrected chi connectivity index (χ0v) is 8.43. The number of nitrogens with two attached hydrogens (primary N) is 1. The summed E-state index contributed by atoms with van der Waals surface area (Å²) in [6.07, 6.45) is 1.36. The second-order valence-corrected chi connectivity index (χ2v) is 2.91. The van der Waals surface area contributed by atoms with E-state index in [1.807, 2.05) is 0 Å². The molecule has 0 spiro atoms. The van der Waals surface area contributed by atoms with Crippen LogP contribution in [0.5, 0.6) is 0 Å². The van der Waals surface area contributed by atoms with Gasteiger partial charge in [0, 0.05) is 0 Å². The Hall–Kier alpha value is -2.31. The first-order valence-electron chi connectivity index (χ1n) is 4.34. The average molecular weight is 226 g/mol. The first-order chi connectivity index (χ1) is 7.50. The third kappa shape index (κ3) is 3.12. The monoisotopic (exact) mass is 226 g/mol. The lowest BCUT2D eigenvalue weighted by molar-refractivity contribution is -0.127. The Morgan fingerprint density at radius 3 is 2.69 bits per heavy atom. The molecular formula is C9H10N2O5. The summed E-state index contributed by atoms with van der Waals surface area (Å²) in [5.41, 5.74) is 4.91. The summed E-state index contributed by atoms with van der Waals surface area (Å²) < 4.78 is 9.41. The van der Waals surface area contributed by atoms with Crippen molar-refractivity contribution in [3.63, 3.8) is 0 Å². The summed E-state index contributed by atoms with van der Waals surface area (Å²) >= 11 is 0. The predicted octanol–water partition coefficient (Wildman–Crippen LogP) is 0.0198. The van der Waals surface area contributed by atoms with Crippen molar-refractivity contribution in [1.82, 2.24) is 5.32 Å². The van der Waals surface area contributed by atoms with Crippen LogP contribution in [-0.2, 0) is 9.53 Å². The molecule has 7 nitrogen and oxygen atoms in total. The van der Waals surface area contributed by atoms with Crippen LogP contribution in [0.2, 0.25) is 0 Å². The number of imide groups is 1. The van der Waals surface area contributed by atoms with Crippen molar-refractivity contribution in [1.29, 1.82) is 0 Å². The zero-order chi connectivity index (χ0) is 12.1. The summed E-state index contributed by atoms with van der Waals surface area (Å²) in [5, 5.41) is 1.79. The quantitative estimate of drug-likeness (QED) is 0.705. The molecule has 0 saturated carbocycles. The van der Waals surface area contributed by atoms with Crippen LogP contribution in [0.25, 0.3) is 0 Å². The predicted molar refractivity (Wildman–Crippen MR) is 51.3 cm³/mol. The smallest absolute Gasteiger partial charge is 0.342 e. The van der Waals surface area contributed by atoms with Crippen LogP contribution in [-0.4, -0.2) is 24.0 Å². The summed E-state index contributed by atoms with van der Waals surface area (Å²) in [6, 6.07) is 0.386. The van der Waals surface area contributed by atoms with Crippen molar-refractivity contribution in [3.05, 3.63) is 24.2 Å². The van der Waals surface area contributed by atoms with Crippen LogP contribution in [0.15, 0.2) is 23.0 Å². The van der Waals surface area contributed by atoms with Crippen LogP contribution in [0.3, 0.4) is 0 Å². The minimum atomic E-state index is -1.12. The molecule has 3 amide bonds. The summed E-state index contributed by atoms with van der Waals surface area (Å²) in [4.78, 5) is 32.8. The van der Waals surface area contributed by atoms with Gasteiger partial charge in [0.1, 0.15) is 6.26 Å². The molecule has 7 heteroatoms. The number of carbonyl (C=O) groups excluding carboxylic acids is 3. The van der Waals surface area contributed by atoms with Crippen molar-refractivity contribution in [2.45, 2.75) is 13.0 Å². The van der Waals surface area contributed by atoms with E-state index >= 15 is 0 Å². The van der Waals surface area contributed by atoms with Crippen LogP contribution < -0.4 is 11.1 Å². The Labute approximate surface area is 90.5 Å². The Balaban J connectivity index is 2.51. The van der Waals surface area contributed by atoms with Gasteiger partial charge in [-0.3, -0.25) is 10.1 Å². The Morgan fingerprint density at radius 2 is 2.19 bits per heavy atom. The number of ether oxygens (including phenoxy) is 1. The Kier molecular flexibility index (Phi) is 3.65. The minimum Gasteiger partial charge on any atom is -0.472 e. The van der Waals surface area contributed by atoms with E-state index in [9.17, 15) is 14.4 Å². The normalized spacial score (nSPS) is 11.6. The average Bonchev–Trinajstić information content (AvgIpc) is 2.68. The molecule has 1 rings (SSSR count). The molecule has 3 N–H and O–H groups in total. The van der Waals surface area contributed by atoms with Crippen LogP contribution in [0, 0.1) is 0 Å². The SMILES string of the molecule is CC(OC(=O)c1ccoc1)C(=O)NC(N)=O. The van der Waals surface area contributed by atoms with Gasteiger partial charge in [0.05, 0.1) is 11.8 Å². The van der Waals surface area contributed by atoms with Crippen LogP contribution in [0.4, 0.5) is 4.79 Å². The topological polar surface area (TPSA) is 112 Å². The first kappa shape index (κ1) is 11.8. The van der Waals surface area contributed by atoms with Gasteiger partial charge in [-0.2, -0.15) is 0 Å². The van der Waals surface area contributed by atoms with Gasteiger partial charge in [0.15, 0.2) is 6.10 Å². The second-order valence-electron chi connectivity index (χ2n) is 2.91. The Bertz CT molecular complexity index is 398. The molecule has 16 heavy (non-hydrogen) atoms. The van der Waals surface area contributed by atoms with E-state index in [2.05, 4.69) is 4.42 Å². The molecule has 0 aliphatic heterocycles. The second kappa shape index (κ2) is 4.96. The van der Waals surface area contributed by atoms with E-state index in [1.165, 1.54) is 25.5 Å². The number of rotatable bonds is 3. The molecule has 0 aromatic carbocycles. The van der Waals surface area contributed by atoms with Gasteiger partial charge in [-0.15, -0.1) is 0 Å². The maximum Gasteiger partial charge on any atom is 0.342 e. The van der Waals surface area contributed by atoms with Gasteiger partial charge in [0.25, 0.3) is 5.91 Å². The van der Waals surface area contributed by atoms with Crippen molar-refractivity contribution < 1.29 is 23.5 Å². The molecule has 0 fully saturated rings. The van der Waals surface area contributed by atoms with Gasteiger partial charge < -0.3 is 14.9 Å². The van der Waals surface area contributed by atoms with Gasteiger partial charge in [0.2, 0.25) is 0 Å². The fourth-order valence-electron chi connectivity index (χ4n) is 0.886. The minimum absolute atomic E-state index is 0.179. The molecule has 0 aliphatic rings. The third-order valence-electron chi connectivity index (χ3n) is 1.66. The lowest BCUT2D eigenvalue weighted by Gasteiger charge is -2.10. The zero-order valence-electron chi connectivity index (χ0n) is 8.43. The Morgan fingerprint density at radius 1 is 1.50 bits per heavy atom. The maximum atomic E-state index is 11.3. The van der Waals surface area contributed by atoms with Crippen molar-refractivity contribution in [2.24, 2.45) is 5.73 Å². The number of primary amides is 1. The summed E-state index contributed by atoms with van der Waals surface area (Å²) in [7, 11) is 0. The molecular weight excluding hydrogens is 216 g/mol. The number of furan rings is 1. The number of amides is 3. The van der Waals surface area contributed by atoms with Crippen LogP contribution >= 0.6 is 0 Å². The molecule has 0 aliphatic carbocycles. The first-order valence-corrected chi connectivity index (χ1v) is 4.34.